The van der Waals surface area contributed by atoms with Crippen LogP contribution in [0.4, 0.5) is 4.39 Å². The van der Waals surface area contributed by atoms with Gasteiger partial charge in [-0.05, 0) is 34.5 Å². The van der Waals surface area contributed by atoms with Gasteiger partial charge < -0.3 is 15.7 Å². The van der Waals surface area contributed by atoms with Crippen LogP contribution in [0.2, 0.25) is 0 Å². The summed E-state index contributed by atoms with van der Waals surface area (Å²) in [4.78, 5) is 0. The number of amidine groups is 1. The minimum atomic E-state index is -0.352. The molecule has 0 atom stereocenters. The second-order valence-corrected chi connectivity index (χ2v) is 3.97. The lowest BCUT2D eigenvalue weighted by Crippen LogP contribution is -2.12. The molecule has 0 bridgehead atoms. The fourth-order valence-electron chi connectivity index (χ4n) is 1.07. The maximum Gasteiger partial charge on any atom is 0.139 e. The molecule has 0 amide bonds. The highest BCUT2D eigenvalue weighted by Crippen LogP contribution is 2.25. The van der Waals surface area contributed by atoms with Crippen molar-refractivity contribution in [2.24, 2.45) is 10.9 Å². The molecule has 1 rings (SSSR count). The number of hydrogen-bond acceptors (Lipinski definition) is 3. The molecule has 0 unspecified atom stereocenters. The second kappa shape index (κ2) is 6.32. The van der Waals surface area contributed by atoms with Crippen molar-refractivity contribution in [1.82, 2.24) is 0 Å². The molecule has 1 aromatic rings. The Morgan fingerprint density at radius 2 is 2.31 bits per heavy atom. The molecule has 0 aliphatic heterocycles. The predicted molar refractivity (Wildman–Crippen MR) is 62.2 cm³/mol. The third-order valence-corrected chi connectivity index (χ3v) is 2.51. The van der Waals surface area contributed by atoms with E-state index in [-0.39, 0.29) is 11.7 Å². The van der Waals surface area contributed by atoms with E-state index in [0.717, 1.165) is 0 Å². The zero-order chi connectivity index (χ0) is 12.0. The van der Waals surface area contributed by atoms with Crippen LogP contribution in [0.5, 0.6) is 5.75 Å². The lowest BCUT2D eigenvalue weighted by atomic mass is 10.3. The first-order valence-corrected chi connectivity index (χ1v) is 5.47. The fourth-order valence-corrected chi connectivity index (χ4v) is 1.43. The van der Waals surface area contributed by atoms with Gasteiger partial charge in [0.1, 0.15) is 17.4 Å². The standard InChI is InChI=1S/C10H12BrFN2O2/c11-8-4-3-7(12)6-9(8)16-5-1-2-10(13)14-15/h3-4,6,15H,1-2,5H2,(H2,13,14). The zero-order valence-electron chi connectivity index (χ0n) is 8.49. The van der Waals surface area contributed by atoms with Gasteiger partial charge in [-0.3, -0.25) is 0 Å². The summed E-state index contributed by atoms with van der Waals surface area (Å²) in [7, 11) is 0. The third kappa shape index (κ3) is 4.06. The lowest BCUT2D eigenvalue weighted by molar-refractivity contribution is 0.303. The molecule has 0 saturated heterocycles. The van der Waals surface area contributed by atoms with Crippen molar-refractivity contribution >= 4 is 21.8 Å². The van der Waals surface area contributed by atoms with E-state index < -0.39 is 0 Å². The minimum Gasteiger partial charge on any atom is -0.492 e. The van der Waals surface area contributed by atoms with Crippen molar-refractivity contribution in [3.05, 3.63) is 28.5 Å². The van der Waals surface area contributed by atoms with Gasteiger partial charge in [0.05, 0.1) is 11.1 Å². The van der Waals surface area contributed by atoms with Crippen LogP contribution in [-0.4, -0.2) is 17.6 Å². The Bertz CT molecular complexity index is 385. The topological polar surface area (TPSA) is 67.8 Å². The van der Waals surface area contributed by atoms with E-state index in [1.165, 1.54) is 12.1 Å². The highest BCUT2D eigenvalue weighted by molar-refractivity contribution is 9.10. The van der Waals surface area contributed by atoms with Crippen LogP contribution < -0.4 is 10.5 Å². The van der Waals surface area contributed by atoms with Crippen LogP contribution in [-0.2, 0) is 0 Å². The maximum absolute atomic E-state index is 12.9. The summed E-state index contributed by atoms with van der Waals surface area (Å²) >= 11 is 3.25. The van der Waals surface area contributed by atoms with Crippen LogP contribution in [0.1, 0.15) is 12.8 Å². The van der Waals surface area contributed by atoms with Crippen molar-refractivity contribution in [2.45, 2.75) is 12.8 Å². The predicted octanol–water partition coefficient (Wildman–Crippen LogP) is 2.49. The smallest absolute Gasteiger partial charge is 0.139 e. The van der Waals surface area contributed by atoms with Crippen molar-refractivity contribution < 1.29 is 14.3 Å². The average Bonchev–Trinajstić information content (AvgIpc) is 2.28. The first kappa shape index (κ1) is 12.8. The third-order valence-electron chi connectivity index (χ3n) is 1.86. The first-order chi connectivity index (χ1) is 7.63. The number of ether oxygens (including phenoxy) is 1. The Morgan fingerprint density at radius 3 is 3.00 bits per heavy atom. The van der Waals surface area contributed by atoms with Gasteiger partial charge in [-0.25, -0.2) is 4.39 Å². The molecule has 0 aromatic heterocycles. The van der Waals surface area contributed by atoms with Crippen molar-refractivity contribution in [3.8, 4) is 5.75 Å². The summed E-state index contributed by atoms with van der Waals surface area (Å²) in [5.74, 6) is 0.246. The van der Waals surface area contributed by atoms with Gasteiger partial charge >= 0.3 is 0 Å². The van der Waals surface area contributed by atoms with Gasteiger partial charge in [0.2, 0.25) is 0 Å². The molecule has 0 aliphatic carbocycles. The van der Waals surface area contributed by atoms with E-state index in [1.54, 1.807) is 6.07 Å². The Labute approximate surface area is 101 Å². The van der Waals surface area contributed by atoms with E-state index in [9.17, 15) is 4.39 Å². The van der Waals surface area contributed by atoms with Crippen molar-refractivity contribution in [2.75, 3.05) is 6.61 Å². The number of benzene rings is 1. The number of rotatable bonds is 5. The molecule has 0 radical (unpaired) electrons. The molecular formula is C10H12BrFN2O2. The first-order valence-electron chi connectivity index (χ1n) is 4.67. The molecule has 0 heterocycles. The summed E-state index contributed by atoms with van der Waals surface area (Å²) < 4.78 is 18.9. The Kier molecular flexibility index (Phi) is 5.04. The largest absolute Gasteiger partial charge is 0.492 e. The van der Waals surface area contributed by atoms with Gasteiger partial charge in [-0.1, -0.05) is 5.16 Å². The summed E-state index contributed by atoms with van der Waals surface area (Å²) in [6.07, 6.45) is 1.03. The summed E-state index contributed by atoms with van der Waals surface area (Å²) in [6.45, 7) is 0.373. The van der Waals surface area contributed by atoms with Crippen molar-refractivity contribution in [3.63, 3.8) is 0 Å². The maximum atomic E-state index is 12.9. The summed E-state index contributed by atoms with van der Waals surface area (Å²) in [5.41, 5.74) is 5.28. The summed E-state index contributed by atoms with van der Waals surface area (Å²) in [6, 6.07) is 4.22. The Morgan fingerprint density at radius 1 is 1.56 bits per heavy atom. The SMILES string of the molecule is N/C(CCCOc1cc(F)ccc1Br)=N/O. The molecule has 0 aliphatic rings. The van der Waals surface area contributed by atoms with Crippen LogP contribution in [0, 0.1) is 5.82 Å². The Balaban J connectivity index is 2.40. The number of halogens is 2. The highest BCUT2D eigenvalue weighted by atomic mass is 79.9. The van der Waals surface area contributed by atoms with E-state index in [2.05, 4.69) is 21.1 Å². The number of nitrogens with zero attached hydrogens (tertiary/aromatic N) is 1. The molecule has 0 saturated carbocycles. The second-order valence-electron chi connectivity index (χ2n) is 3.12. The fraction of sp³-hybridized carbons (Fsp3) is 0.300. The molecule has 16 heavy (non-hydrogen) atoms. The van der Waals surface area contributed by atoms with Gasteiger partial charge in [-0.2, -0.15) is 0 Å². The van der Waals surface area contributed by atoms with E-state index in [0.29, 0.717) is 29.7 Å². The monoisotopic (exact) mass is 290 g/mol. The Hall–Kier alpha value is -1.30. The molecular weight excluding hydrogens is 279 g/mol. The highest BCUT2D eigenvalue weighted by Gasteiger charge is 2.02. The van der Waals surface area contributed by atoms with Crippen LogP contribution in [0.15, 0.2) is 27.8 Å². The van der Waals surface area contributed by atoms with Crippen LogP contribution in [0.3, 0.4) is 0 Å². The zero-order valence-corrected chi connectivity index (χ0v) is 10.1. The molecule has 6 heteroatoms. The number of oxime groups is 1. The van der Waals surface area contributed by atoms with E-state index >= 15 is 0 Å². The minimum absolute atomic E-state index is 0.155. The molecule has 1 aromatic carbocycles. The molecule has 88 valence electrons. The van der Waals surface area contributed by atoms with E-state index in [1.807, 2.05) is 0 Å². The molecule has 0 fully saturated rings. The molecule has 3 N–H and O–H groups in total. The average molecular weight is 291 g/mol. The normalized spacial score (nSPS) is 11.5. The quantitative estimate of drug-likeness (QED) is 0.288. The van der Waals surface area contributed by atoms with Crippen molar-refractivity contribution in [1.29, 1.82) is 0 Å². The van der Waals surface area contributed by atoms with Gasteiger partial charge in [0, 0.05) is 12.5 Å². The lowest BCUT2D eigenvalue weighted by Gasteiger charge is -2.07. The van der Waals surface area contributed by atoms with Crippen LogP contribution >= 0.6 is 15.9 Å². The van der Waals surface area contributed by atoms with Gasteiger partial charge in [0.15, 0.2) is 0 Å². The summed E-state index contributed by atoms with van der Waals surface area (Å²) in [5, 5.41) is 11.1. The van der Waals surface area contributed by atoms with E-state index in [4.69, 9.17) is 15.7 Å². The van der Waals surface area contributed by atoms with Crippen LogP contribution in [0.25, 0.3) is 0 Å². The molecule has 4 nitrogen and oxygen atoms in total. The van der Waals surface area contributed by atoms with Gasteiger partial charge in [0.25, 0.3) is 0 Å². The number of nitrogens with two attached hydrogens (primary N) is 1. The van der Waals surface area contributed by atoms with Gasteiger partial charge in [-0.15, -0.1) is 0 Å². The molecule has 0 spiro atoms. The number of hydrogen-bond donors (Lipinski definition) is 2.